The van der Waals surface area contributed by atoms with E-state index in [1.54, 1.807) is 43.7 Å². The van der Waals surface area contributed by atoms with Crippen molar-refractivity contribution in [3.8, 4) is 17.5 Å². The lowest BCUT2D eigenvalue weighted by molar-refractivity contribution is -0.137. The number of imidazole rings is 1. The van der Waals surface area contributed by atoms with Crippen LogP contribution in [0.3, 0.4) is 0 Å². The fourth-order valence-electron chi connectivity index (χ4n) is 3.85. The molecule has 0 aliphatic carbocycles. The Morgan fingerprint density at radius 2 is 1.89 bits per heavy atom. The summed E-state index contributed by atoms with van der Waals surface area (Å²) in [5.41, 5.74) is 4.15. The van der Waals surface area contributed by atoms with Crippen molar-refractivity contribution in [1.82, 2.24) is 14.5 Å². The van der Waals surface area contributed by atoms with E-state index in [2.05, 4.69) is 32.1 Å². The molecule has 0 bridgehead atoms. The average molecular weight is 499 g/mol. The number of pyridine rings is 1. The van der Waals surface area contributed by atoms with E-state index in [0.717, 1.165) is 29.1 Å². The van der Waals surface area contributed by atoms with Crippen LogP contribution in [-0.4, -0.2) is 26.7 Å². The first-order chi connectivity index (χ1) is 17.7. The first-order valence-electron chi connectivity index (χ1n) is 11.3. The molecule has 1 aliphatic rings. The zero-order valence-corrected chi connectivity index (χ0v) is 19.9. The topological polar surface area (TPSA) is 72.2 Å². The van der Waals surface area contributed by atoms with Crippen LogP contribution in [0.2, 0.25) is 0 Å². The zero-order chi connectivity index (χ0) is 26.2. The van der Waals surface area contributed by atoms with Crippen LogP contribution >= 0.6 is 0 Å². The van der Waals surface area contributed by atoms with Crippen LogP contribution in [0.5, 0.6) is 0 Å². The monoisotopic (exact) mass is 499 g/mol. The molecular weight excluding hydrogens is 479 g/mol. The number of rotatable bonds is 3. The fourth-order valence-corrected chi connectivity index (χ4v) is 3.85. The van der Waals surface area contributed by atoms with Crippen molar-refractivity contribution in [2.24, 2.45) is 4.99 Å². The molecule has 37 heavy (non-hydrogen) atoms. The maximum absolute atomic E-state index is 13.6. The number of aromatic nitrogens is 3. The van der Waals surface area contributed by atoms with Gasteiger partial charge in [-0.2, -0.15) is 13.2 Å². The van der Waals surface area contributed by atoms with Gasteiger partial charge in [-0.05, 0) is 55.8 Å². The van der Waals surface area contributed by atoms with Gasteiger partial charge in [0.15, 0.2) is 0 Å². The summed E-state index contributed by atoms with van der Waals surface area (Å²) in [6.45, 7) is 3.60. The molecule has 2 aromatic carbocycles. The van der Waals surface area contributed by atoms with Gasteiger partial charge in [0.05, 0.1) is 29.0 Å². The van der Waals surface area contributed by atoms with Crippen molar-refractivity contribution < 1.29 is 18.0 Å². The first kappa shape index (κ1) is 24.0. The van der Waals surface area contributed by atoms with Crippen molar-refractivity contribution in [3.63, 3.8) is 0 Å². The molecule has 0 radical (unpaired) electrons. The number of fused-ring (bicyclic) bond motifs is 1. The second-order valence-electron chi connectivity index (χ2n) is 8.63. The van der Waals surface area contributed by atoms with Crippen molar-refractivity contribution in [3.05, 3.63) is 100 Å². The standard InChI is InChI=1S/C28H20F3N5O/c1-17-3-5-21(10-20(17)6-4-19-9-26-25(33-14-19)7-8-32-26)27(37)35-23-11-22(28(29,30)31)12-24(13-23)36-15-18(2)34-16-36/h3,5,8-16H,7H2,1-2H3,(H,35,37). The van der Waals surface area contributed by atoms with E-state index in [0.29, 0.717) is 23.2 Å². The van der Waals surface area contributed by atoms with Gasteiger partial charge >= 0.3 is 6.18 Å². The van der Waals surface area contributed by atoms with Crippen molar-refractivity contribution in [2.75, 3.05) is 5.32 Å². The Morgan fingerprint density at radius 1 is 1.05 bits per heavy atom. The number of aryl methyl sites for hydroxylation is 2. The molecule has 0 fully saturated rings. The van der Waals surface area contributed by atoms with E-state index in [9.17, 15) is 18.0 Å². The number of amides is 1. The first-order valence-corrected chi connectivity index (χ1v) is 11.3. The SMILES string of the molecule is Cc1cn(-c2cc(NC(=O)c3ccc(C)c(C#Cc4cnc5c(c4)N=CC5)c3)cc(C(F)(F)F)c2)cn1. The largest absolute Gasteiger partial charge is 0.416 e. The second kappa shape index (κ2) is 9.39. The van der Waals surface area contributed by atoms with Gasteiger partial charge in [-0.3, -0.25) is 14.8 Å². The number of hydrogen-bond acceptors (Lipinski definition) is 4. The Labute approximate surface area is 210 Å². The lowest BCUT2D eigenvalue weighted by atomic mass is 10.0. The lowest BCUT2D eigenvalue weighted by Gasteiger charge is -2.14. The minimum Gasteiger partial charge on any atom is -0.322 e. The molecule has 1 aliphatic heterocycles. The third-order valence-corrected chi connectivity index (χ3v) is 5.82. The summed E-state index contributed by atoms with van der Waals surface area (Å²) < 4.78 is 42.1. The number of halogens is 3. The zero-order valence-electron chi connectivity index (χ0n) is 19.9. The summed E-state index contributed by atoms with van der Waals surface area (Å²) in [7, 11) is 0. The molecular formula is C28H20F3N5O. The highest BCUT2D eigenvalue weighted by Crippen LogP contribution is 2.33. The predicted molar refractivity (Wildman–Crippen MR) is 135 cm³/mol. The Kier molecular flexibility index (Phi) is 6.09. The van der Waals surface area contributed by atoms with Gasteiger partial charge in [-0.25, -0.2) is 4.98 Å². The van der Waals surface area contributed by atoms with Gasteiger partial charge in [0.2, 0.25) is 0 Å². The van der Waals surface area contributed by atoms with Crippen LogP contribution < -0.4 is 5.32 Å². The molecule has 6 nitrogen and oxygen atoms in total. The molecule has 0 atom stereocenters. The number of nitrogens with zero attached hydrogens (tertiary/aromatic N) is 4. The molecule has 0 spiro atoms. The van der Waals surface area contributed by atoms with Crippen molar-refractivity contribution >= 4 is 23.5 Å². The van der Waals surface area contributed by atoms with E-state index < -0.39 is 17.6 Å². The summed E-state index contributed by atoms with van der Waals surface area (Å²) in [6.07, 6.45) is 2.62. The summed E-state index contributed by atoms with van der Waals surface area (Å²) in [5, 5.41) is 2.59. The molecule has 3 heterocycles. The molecule has 0 unspecified atom stereocenters. The van der Waals surface area contributed by atoms with Gasteiger partial charge in [0, 0.05) is 53.1 Å². The van der Waals surface area contributed by atoms with Crippen molar-refractivity contribution in [1.29, 1.82) is 0 Å². The number of alkyl halides is 3. The van der Waals surface area contributed by atoms with Crippen molar-refractivity contribution in [2.45, 2.75) is 26.4 Å². The summed E-state index contributed by atoms with van der Waals surface area (Å²) in [6, 6.07) is 10.2. The normalized spacial score (nSPS) is 12.1. The molecule has 1 N–H and O–H groups in total. The van der Waals surface area contributed by atoms with Gasteiger partial charge in [-0.15, -0.1) is 0 Å². The highest BCUT2D eigenvalue weighted by molar-refractivity contribution is 6.04. The Bertz CT molecular complexity index is 1620. The average Bonchev–Trinajstić information content (AvgIpc) is 3.51. The number of aliphatic imine (C=N–C) groups is 1. The van der Waals surface area contributed by atoms with E-state index in [-0.39, 0.29) is 16.9 Å². The predicted octanol–water partition coefficient (Wildman–Crippen LogP) is 5.81. The molecule has 4 aromatic rings. The van der Waals surface area contributed by atoms with Crippen LogP contribution in [0.15, 0.2) is 66.2 Å². The molecule has 2 aromatic heterocycles. The summed E-state index contributed by atoms with van der Waals surface area (Å²) >= 11 is 0. The van der Waals surface area contributed by atoms with Crippen LogP contribution in [0.4, 0.5) is 24.5 Å². The maximum Gasteiger partial charge on any atom is 0.416 e. The number of benzene rings is 2. The molecule has 0 saturated carbocycles. The molecule has 184 valence electrons. The lowest BCUT2D eigenvalue weighted by Crippen LogP contribution is -2.14. The van der Waals surface area contributed by atoms with Gasteiger partial charge in [0.25, 0.3) is 5.91 Å². The maximum atomic E-state index is 13.6. The van der Waals surface area contributed by atoms with Crippen LogP contribution in [0.25, 0.3) is 5.69 Å². The molecule has 0 saturated heterocycles. The number of anilines is 1. The quantitative estimate of drug-likeness (QED) is 0.362. The second-order valence-corrected chi connectivity index (χ2v) is 8.63. The van der Waals surface area contributed by atoms with E-state index >= 15 is 0 Å². The van der Waals surface area contributed by atoms with Crippen LogP contribution in [0.1, 0.15) is 44.0 Å². The van der Waals surface area contributed by atoms with E-state index in [1.165, 1.54) is 17.0 Å². The Morgan fingerprint density at radius 3 is 2.65 bits per heavy atom. The van der Waals surface area contributed by atoms with Crippen LogP contribution in [-0.2, 0) is 12.6 Å². The number of nitrogens with one attached hydrogen (secondary N) is 1. The number of hydrogen-bond donors (Lipinski definition) is 1. The molecule has 5 rings (SSSR count). The third-order valence-electron chi connectivity index (χ3n) is 5.82. The Balaban J connectivity index is 1.42. The van der Waals surface area contributed by atoms with E-state index in [1.807, 2.05) is 13.0 Å². The number of carbonyl (C=O) groups is 1. The fraction of sp³-hybridized carbons (Fsp3) is 0.143. The third kappa shape index (κ3) is 5.28. The summed E-state index contributed by atoms with van der Waals surface area (Å²) in [4.78, 5) is 25.7. The van der Waals surface area contributed by atoms with Gasteiger partial charge < -0.3 is 9.88 Å². The van der Waals surface area contributed by atoms with Gasteiger partial charge in [-0.1, -0.05) is 17.9 Å². The minimum atomic E-state index is -4.59. The highest BCUT2D eigenvalue weighted by Gasteiger charge is 2.31. The molecule has 9 heteroatoms. The highest BCUT2D eigenvalue weighted by atomic mass is 19.4. The smallest absolute Gasteiger partial charge is 0.322 e. The van der Waals surface area contributed by atoms with Crippen LogP contribution in [0, 0.1) is 25.7 Å². The Hall–Kier alpha value is -4.71. The minimum absolute atomic E-state index is 0.0131. The summed E-state index contributed by atoms with van der Waals surface area (Å²) in [5.74, 6) is 5.56. The van der Waals surface area contributed by atoms with Gasteiger partial charge in [0.1, 0.15) is 0 Å². The van der Waals surface area contributed by atoms with E-state index in [4.69, 9.17) is 0 Å². The molecule has 1 amide bonds. The number of carbonyl (C=O) groups excluding carboxylic acids is 1.